The van der Waals surface area contributed by atoms with Crippen LogP contribution in [0.4, 0.5) is 0 Å². The highest BCUT2D eigenvalue weighted by Crippen LogP contribution is 2.26. The zero-order valence-electron chi connectivity index (χ0n) is 16.2. The van der Waals surface area contributed by atoms with Crippen LogP contribution in [-0.2, 0) is 11.3 Å². The second-order valence-corrected chi connectivity index (χ2v) is 9.82. The van der Waals surface area contributed by atoms with Crippen molar-refractivity contribution in [2.45, 2.75) is 32.5 Å². The van der Waals surface area contributed by atoms with Crippen LogP contribution in [0.3, 0.4) is 0 Å². The predicted molar refractivity (Wildman–Crippen MR) is 115 cm³/mol. The van der Waals surface area contributed by atoms with Crippen LogP contribution in [0.1, 0.15) is 35.3 Å². The molecule has 0 radical (unpaired) electrons. The van der Waals surface area contributed by atoms with Crippen molar-refractivity contribution >= 4 is 46.4 Å². The lowest BCUT2D eigenvalue weighted by Gasteiger charge is -2.17. The molecule has 152 valence electrons. The Kier molecular flexibility index (Phi) is 6.77. The van der Waals surface area contributed by atoms with Gasteiger partial charge in [0.1, 0.15) is 0 Å². The molecular weight excluding hydrogens is 430 g/mol. The van der Waals surface area contributed by atoms with E-state index in [2.05, 4.69) is 15.5 Å². The summed E-state index contributed by atoms with van der Waals surface area (Å²) in [5.41, 5.74) is 0.321. The van der Waals surface area contributed by atoms with Gasteiger partial charge in [-0.1, -0.05) is 44.1 Å². The van der Waals surface area contributed by atoms with Gasteiger partial charge in [-0.3, -0.25) is 9.59 Å². The molecule has 1 amide bonds. The van der Waals surface area contributed by atoms with Crippen molar-refractivity contribution in [1.82, 2.24) is 15.5 Å². The minimum Gasteiger partial charge on any atom is -0.411 e. The Labute approximate surface area is 182 Å². The van der Waals surface area contributed by atoms with E-state index >= 15 is 0 Å². The number of nitrogens with zero attached hydrogens (tertiary/aromatic N) is 2. The third-order valence-corrected chi connectivity index (χ3v) is 6.06. The van der Waals surface area contributed by atoms with Crippen molar-refractivity contribution < 1.29 is 14.0 Å². The van der Waals surface area contributed by atoms with Gasteiger partial charge >= 0.3 is 0 Å². The van der Waals surface area contributed by atoms with Crippen molar-refractivity contribution in [3.8, 4) is 11.5 Å². The average Bonchev–Trinajstić information content (AvgIpc) is 3.34. The van der Waals surface area contributed by atoms with E-state index in [1.165, 1.54) is 23.1 Å². The quantitative estimate of drug-likeness (QED) is 0.399. The van der Waals surface area contributed by atoms with E-state index in [1.807, 2.05) is 26.8 Å². The Bertz CT molecular complexity index is 1010. The molecule has 0 saturated heterocycles. The smallest absolute Gasteiger partial charge is 0.277 e. The summed E-state index contributed by atoms with van der Waals surface area (Å²) < 4.78 is 5.60. The summed E-state index contributed by atoms with van der Waals surface area (Å²) in [5, 5.41) is 11.8. The molecule has 9 heteroatoms. The topological polar surface area (TPSA) is 85.1 Å². The van der Waals surface area contributed by atoms with Crippen LogP contribution < -0.4 is 5.32 Å². The van der Waals surface area contributed by atoms with Crippen LogP contribution in [-0.4, -0.2) is 27.6 Å². The number of carbonyl (C=O) groups is 2. The highest BCUT2D eigenvalue weighted by atomic mass is 35.5. The number of rotatable bonds is 7. The maximum absolute atomic E-state index is 12.4. The van der Waals surface area contributed by atoms with Crippen molar-refractivity contribution in [2.24, 2.45) is 5.41 Å². The fourth-order valence-electron chi connectivity index (χ4n) is 2.23. The lowest BCUT2D eigenvalue weighted by atomic mass is 9.96. The van der Waals surface area contributed by atoms with Crippen molar-refractivity contribution in [1.29, 1.82) is 0 Å². The number of nitrogens with one attached hydrogen (secondary N) is 1. The van der Waals surface area contributed by atoms with E-state index in [0.717, 1.165) is 10.4 Å². The standard InChI is InChI=1S/C20H20ClN3O3S2/c1-20(2,3)18(26)22-10-14-8-9-16(29-14)15(25)11-28-19-24-23-17(27-19)12-4-6-13(21)7-5-12/h4-9H,10-11H2,1-3H3,(H,22,26). The number of amides is 1. The Morgan fingerprint density at radius 2 is 1.86 bits per heavy atom. The van der Waals surface area contributed by atoms with Crippen LogP contribution >= 0.6 is 34.7 Å². The monoisotopic (exact) mass is 449 g/mol. The lowest BCUT2D eigenvalue weighted by Crippen LogP contribution is -2.34. The molecule has 0 unspecified atom stereocenters. The van der Waals surface area contributed by atoms with Gasteiger partial charge in [0, 0.05) is 20.9 Å². The zero-order chi connectivity index (χ0) is 21.0. The van der Waals surface area contributed by atoms with Crippen LogP contribution in [0.5, 0.6) is 0 Å². The Hall–Kier alpha value is -2.16. The normalized spacial score (nSPS) is 11.4. The number of benzene rings is 1. The summed E-state index contributed by atoms with van der Waals surface area (Å²) >= 11 is 8.45. The van der Waals surface area contributed by atoms with Crippen LogP contribution in [0.2, 0.25) is 5.02 Å². The molecule has 0 spiro atoms. The molecule has 29 heavy (non-hydrogen) atoms. The van der Waals surface area contributed by atoms with Gasteiger partial charge in [-0.2, -0.15) is 0 Å². The number of thioether (sulfide) groups is 1. The molecule has 3 rings (SSSR count). The number of carbonyl (C=O) groups excluding carboxylic acids is 2. The number of halogens is 1. The highest BCUT2D eigenvalue weighted by Gasteiger charge is 2.21. The fourth-order valence-corrected chi connectivity index (χ4v) is 3.98. The third kappa shape index (κ3) is 5.91. The van der Waals surface area contributed by atoms with Gasteiger partial charge in [0.05, 0.1) is 17.2 Å². The van der Waals surface area contributed by atoms with E-state index in [0.29, 0.717) is 27.6 Å². The summed E-state index contributed by atoms with van der Waals surface area (Å²) in [5.74, 6) is 0.516. The molecular formula is C20H20ClN3O3S2. The van der Waals surface area contributed by atoms with E-state index in [4.69, 9.17) is 16.0 Å². The van der Waals surface area contributed by atoms with Crippen LogP contribution in [0.15, 0.2) is 46.0 Å². The highest BCUT2D eigenvalue weighted by molar-refractivity contribution is 7.99. The predicted octanol–water partition coefficient (Wildman–Crippen LogP) is 5.09. The largest absolute Gasteiger partial charge is 0.411 e. The fraction of sp³-hybridized carbons (Fsp3) is 0.300. The molecule has 3 aromatic rings. The minimum atomic E-state index is -0.443. The molecule has 0 aliphatic heterocycles. The SMILES string of the molecule is CC(C)(C)C(=O)NCc1ccc(C(=O)CSc2nnc(-c3ccc(Cl)cc3)o2)s1. The summed E-state index contributed by atoms with van der Waals surface area (Å²) in [6, 6.07) is 10.7. The minimum absolute atomic E-state index is 0.0257. The Balaban J connectivity index is 1.53. The summed E-state index contributed by atoms with van der Waals surface area (Å²) in [4.78, 5) is 26.0. The first kappa shape index (κ1) is 21.5. The van der Waals surface area contributed by atoms with E-state index in [-0.39, 0.29) is 17.4 Å². The van der Waals surface area contributed by atoms with Crippen LogP contribution in [0, 0.1) is 5.41 Å². The summed E-state index contributed by atoms with van der Waals surface area (Å²) in [6.45, 7) is 5.99. The third-order valence-electron chi connectivity index (χ3n) is 3.87. The van der Waals surface area contributed by atoms with Crippen molar-refractivity contribution in [2.75, 3.05) is 5.75 Å². The molecule has 0 atom stereocenters. The second-order valence-electron chi connectivity index (χ2n) is 7.29. The number of aromatic nitrogens is 2. The second kappa shape index (κ2) is 9.11. The number of Topliss-reactive ketones (excluding diaryl/α,β-unsaturated/α-hetero) is 1. The summed E-state index contributed by atoms with van der Waals surface area (Å²) in [7, 11) is 0. The molecule has 0 saturated carbocycles. The molecule has 0 aliphatic rings. The lowest BCUT2D eigenvalue weighted by molar-refractivity contribution is -0.128. The molecule has 0 fully saturated rings. The number of hydrogen-bond donors (Lipinski definition) is 1. The van der Waals surface area contributed by atoms with Gasteiger partial charge in [-0.05, 0) is 36.4 Å². The van der Waals surface area contributed by atoms with E-state index in [1.54, 1.807) is 30.3 Å². The molecule has 1 aromatic carbocycles. The molecule has 0 aliphatic carbocycles. The maximum atomic E-state index is 12.4. The molecule has 0 bridgehead atoms. The van der Waals surface area contributed by atoms with E-state index < -0.39 is 5.41 Å². The first-order valence-corrected chi connectivity index (χ1v) is 11.0. The molecule has 2 aromatic heterocycles. The Morgan fingerprint density at radius 3 is 2.55 bits per heavy atom. The number of ketones is 1. The van der Waals surface area contributed by atoms with Crippen molar-refractivity contribution in [3.63, 3.8) is 0 Å². The summed E-state index contributed by atoms with van der Waals surface area (Å²) in [6.07, 6.45) is 0. The first-order valence-electron chi connectivity index (χ1n) is 8.85. The van der Waals surface area contributed by atoms with Gasteiger partial charge in [0.2, 0.25) is 11.8 Å². The Morgan fingerprint density at radius 1 is 1.14 bits per heavy atom. The number of thiophene rings is 1. The maximum Gasteiger partial charge on any atom is 0.277 e. The molecule has 2 heterocycles. The molecule has 1 N–H and O–H groups in total. The average molecular weight is 450 g/mol. The van der Waals surface area contributed by atoms with Gasteiger partial charge < -0.3 is 9.73 Å². The van der Waals surface area contributed by atoms with E-state index in [9.17, 15) is 9.59 Å². The first-order chi connectivity index (χ1) is 13.7. The van der Waals surface area contributed by atoms with Gasteiger partial charge in [-0.25, -0.2) is 0 Å². The van der Waals surface area contributed by atoms with Gasteiger partial charge in [0.25, 0.3) is 5.22 Å². The van der Waals surface area contributed by atoms with Crippen LogP contribution in [0.25, 0.3) is 11.5 Å². The van der Waals surface area contributed by atoms with Crippen molar-refractivity contribution in [3.05, 3.63) is 51.2 Å². The zero-order valence-corrected chi connectivity index (χ0v) is 18.6. The van der Waals surface area contributed by atoms with Gasteiger partial charge in [0.15, 0.2) is 5.78 Å². The molecule has 6 nitrogen and oxygen atoms in total. The van der Waals surface area contributed by atoms with Gasteiger partial charge in [-0.15, -0.1) is 21.5 Å². The number of hydrogen-bond acceptors (Lipinski definition) is 7.